The standard InChI is InChI=1S/C10H18N4/c1-3-4-9(11)6-12-10-5-8(2)13-7-14-10/h5,7,9H,3-4,6,11H2,1-2H3,(H,12,13,14). The maximum Gasteiger partial charge on any atom is 0.129 e. The molecule has 1 aromatic rings. The Balaban J connectivity index is 2.37. The monoisotopic (exact) mass is 194 g/mol. The third kappa shape index (κ3) is 3.70. The van der Waals surface area contributed by atoms with E-state index in [1.807, 2.05) is 13.0 Å². The van der Waals surface area contributed by atoms with Crippen LogP contribution in [0.4, 0.5) is 5.82 Å². The van der Waals surface area contributed by atoms with E-state index in [-0.39, 0.29) is 6.04 Å². The fourth-order valence-corrected chi connectivity index (χ4v) is 1.26. The Labute approximate surface area is 85.0 Å². The quantitative estimate of drug-likeness (QED) is 0.742. The molecule has 0 aromatic carbocycles. The Kier molecular flexibility index (Phi) is 4.32. The molecule has 3 N–H and O–H groups in total. The molecule has 0 saturated carbocycles. The lowest BCUT2D eigenvalue weighted by Crippen LogP contribution is -2.28. The summed E-state index contributed by atoms with van der Waals surface area (Å²) < 4.78 is 0. The van der Waals surface area contributed by atoms with Gasteiger partial charge in [0.15, 0.2) is 0 Å². The van der Waals surface area contributed by atoms with Crippen LogP contribution in [0.25, 0.3) is 0 Å². The summed E-state index contributed by atoms with van der Waals surface area (Å²) in [6, 6.07) is 2.12. The van der Waals surface area contributed by atoms with E-state index >= 15 is 0 Å². The average Bonchev–Trinajstić information content (AvgIpc) is 2.15. The summed E-state index contributed by atoms with van der Waals surface area (Å²) in [7, 11) is 0. The van der Waals surface area contributed by atoms with Crippen molar-refractivity contribution >= 4 is 5.82 Å². The Bertz CT molecular complexity index is 275. The minimum atomic E-state index is 0.204. The highest BCUT2D eigenvalue weighted by atomic mass is 15.0. The van der Waals surface area contributed by atoms with Crippen LogP contribution in [0.1, 0.15) is 25.5 Å². The van der Waals surface area contributed by atoms with Gasteiger partial charge in [-0.15, -0.1) is 0 Å². The van der Waals surface area contributed by atoms with Crippen molar-refractivity contribution in [1.29, 1.82) is 0 Å². The largest absolute Gasteiger partial charge is 0.368 e. The molecule has 78 valence electrons. The summed E-state index contributed by atoms with van der Waals surface area (Å²) in [5, 5.41) is 3.19. The van der Waals surface area contributed by atoms with Crippen molar-refractivity contribution in [2.75, 3.05) is 11.9 Å². The molecule has 0 spiro atoms. The van der Waals surface area contributed by atoms with Gasteiger partial charge in [0.25, 0.3) is 0 Å². The Morgan fingerprint density at radius 3 is 2.93 bits per heavy atom. The average molecular weight is 194 g/mol. The first-order valence-electron chi connectivity index (χ1n) is 5.00. The second kappa shape index (κ2) is 5.54. The minimum Gasteiger partial charge on any atom is -0.368 e. The van der Waals surface area contributed by atoms with Crippen LogP contribution in [0.2, 0.25) is 0 Å². The summed E-state index contributed by atoms with van der Waals surface area (Å²) in [6.45, 7) is 4.85. The summed E-state index contributed by atoms with van der Waals surface area (Å²) in [4.78, 5) is 8.11. The number of hydrogen-bond donors (Lipinski definition) is 2. The van der Waals surface area contributed by atoms with Crippen molar-refractivity contribution in [3.05, 3.63) is 18.1 Å². The molecule has 0 radical (unpaired) electrons. The number of nitrogens with zero attached hydrogens (tertiary/aromatic N) is 2. The van der Waals surface area contributed by atoms with Gasteiger partial charge in [-0.3, -0.25) is 0 Å². The number of aryl methyl sites for hydroxylation is 1. The van der Waals surface area contributed by atoms with Crippen molar-refractivity contribution in [2.45, 2.75) is 32.7 Å². The third-order valence-electron chi connectivity index (χ3n) is 2.01. The van der Waals surface area contributed by atoms with Crippen LogP contribution in [0, 0.1) is 6.92 Å². The van der Waals surface area contributed by atoms with Crippen molar-refractivity contribution in [3.8, 4) is 0 Å². The molecule has 4 heteroatoms. The molecule has 14 heavy (non-hydrogen) atoms. The number of aromatic nitrogens is 2. The smallest absolute Gasteiger partial charge is 0.129 e. The predicted molar refractivity (Wildman–Crippen MR) is 58.1 cm³/mol. The first-order valence-corrected chi connectivity index (χ1v) is 5.00. The van der Waals surface area contributed by atoms with Gasteiger partial charge in [-0.05, 0) is 13.3 Å². The summed E-state index contributed by atoms with van der Waals surface area (Å²) in [6.07, 6.45) is 3.71. The molecule has 0 bridgehead atoms. The van der Waals surface area contributed by atoms with Crippen LogP contribution < -0.4 is 11.1 Å². The van der Waals surface area contributed by atoms with Crippen molar-refractivity contribution < 1.29 is 0 Å². The lowest BCUT2D eigenvalue weighted by atomic mass is 10.2. The number of rotatable bonds is 5. The zero-order valence-electron chi connectivity index (χ0n) is 8.83. The number of hydrogen-bond acceptors (Lipinski definition) is 4. The van der Waals surface area contributed by atoms with Crippen molar-refractivity contribution in [3.63, 3.8) is 0 Å². The van der Waals surface area contributed by atoms with Gasteiger partial charge >= 0.3 is 0 Å². The first-order chi connectivity index (χ1) is 6.72. The fraction of sp³-hybridized carbons (Fsp3) is 0.600. The van der Waals surface area contributed by atoms with Crippen LogP contribution in [-0.4, -0.2) is 22.6 Å². The van der Waals surface area contributed by atoms with Crippen LogP contribution in [0.15, 0.2) is 12.4 Å². The maximum absolute atomic E-state index is 5.86. The van der Waals surface area contributed by atoms with Crippen molar-refractivity contribution in [2.24, 2.45) is 5.73 Å². The molecule has 0 amide bonds. The summed E-state index contributed by atoms with van der Waals surface area (Å²) in [5.74, 6) is 0.851. The van der Waals surface area contributed by atoms with E-state index in [0.29, 0.717) is 0 Å². The van der Waals surface area contributed by atoms with Gasteiger partial charge in [-0.2, -0.15) is 0 Å². The van der Waals surface area contributed by atoms with Crippen LogP contribution in [-0.2, 0) is 0 Å². The van der Waals surface area contributed by atoms with E-state index < -0.39 is 0 Å². The molecule has 0 aliphatic carbocycles. The molecule has 1 rings (SSSR count). The molecule has 0 aliphatic rings. The fourth-order valence-electron chi connectivity index (χ4n) is 1.26. The van der Waals surface area contributed by atoms with E-state index in [0.717, 1.165) is 30.9 Å². The first kappa shape index (κ1) is 10.9. The summed E-state index contributed by atoms with van der Waals surface area (Å²) >= 11 is 0. The molecule has 1 unspecified atom stereocenters. The molecule has 0 saturated heterocycles. The normalized spacial score (nSPS) is 12.5. The lowest BCUT2D eigenvalue weighted by molar-refractivity contribution is 0.626. The molecule has 0 fully saturated rings. The SMILES string of the molecule is CCCC(N)CNc1cc(C)ncn1. The topological polar surface area (TPSA) is 63.8 Å². The maximum atomic E-state index is 5.86. The molecule has 1 atom stereocenters. The zero-order chi connectivity index (χ0) is 10.4. The van der Waals surface area contributed by atoms with E-state index in [1.54, 1.807) is 6.33 Å². The van der Waals surface area contributed by atoms with Gasteiger partial charge in [0.05, 0.1) is 0 Å². The van der Waals surface area contributed by atoms with Gasteiger partial charge in [0.2, 0.25) is 0 Å². The molecule has 4 nitrogen and oxygen atoms in total. The Hall–Kier alpha value is -1.16. The van der Waals surface area contributed by atoms with E-state index in [4.69, 9.17) is 5.73 Å². The van der Waals surface area contributed by atoms with E-state index in [2.05, 4.69) is 22.2 Å². The predicted octanol–water partition coefficient (Wildman–Crippen LogP) is 1.32. The molecule has 1 heterocycles. The Morgan fingerprint density at radius 1 is 1.50 bits per heavy atom. The van der Waals surface area contributed by atoms with Gasteiger partial charge in [-0.25, -0.2) is 9.97 Å². The van der Waals surface area contributed by atoms with Crippen LogP contribution in [0.5, 0.6) is 0 Å². The highest BCUT2D eigenvalue weighted by molar-refractivity contribution is 5.34. The number of nitrogens with one attached hydrogen (secondary N) is 1. The zero-order valence-corrected chi connectivity index (χ0v) is 8.83. The van der Waals surface area contributed by atoms with Crippen LogP contribution >= 0.6 is 0 Å². The molecule has 1 aromatic heterocycles. The van der Waals surface area contributed by atoms with Crippen molar-refractivity contribution in [1.82, 2.24) is 9.97 Å². The minimum absolute atomic E-state index is 0.204. The molecular weight excluding hydrogens is 176 g/mol. The third-order valence-corrected chi connectivity index (χ3v) is 2.01. The van der Waals surface area contributed by atoms with E-state index in [1.165, 1.54) is 0 Å². The number of anilines is 1. The van der Waals surface area contributed by atoms with Gasteiger partial charge < -0.3 is 11.1 Å². The second-order valence-electron chi connectivity index (χ2n) is 3.47. The van der Waals surface area contributed by atoms with Crippen LogP contribution in [0.3, 0.4) is 0 Å². The van der Waals surface area contributed by atoms with Gasteiger partial charge in [0, 0.05) is 24.3 Å². The van der Waals surface area contributed by atoms with E-state index in [9.17, 15) is 0 Å². The molecule has 0 aliphatic heterocycles. The highest BCUT2D eigenvalue weighted by Crippen LogP contribution is 2.03. The lowest BCUT2D eigenvalue weighted by Gasteiger charge is -2.11. The Morgan fingerprint density at radius 2 is 2.29 bits per heavy atom. The van der Waals surface area contributed by atoms with Gasteiger partial charge in [-0.1, -0.05) is 13.3 Å². The highest BCUT2D eigenvalue weighted by Gasteiger charge is 2.01. The number of nitrogens with two attached hydrogens (primary N) is 1. The molecular formula is C10H18N4. The second-order valence-corrected chi connectivity index (χ2v) is 3.47. The van der Waals surface area contributed by atoms with Gasteiger partial charge in [0.1, 0.15) is 12.1 Å². The summed E-state index contributed by atoms with van der Waals surface area (Å²) in [5.41, 5.74) is 6.83.